The summed E-state index contributed by atoms with van der Waals surface area (Å²) in [6.07, 6.45) is 1.63. The molecule has 0 spiro atoms. The van der Waals surface area contributed by atoms with Crippen LogP contribution in [-0.2, 0) is 6.54 Å². The molecular weight excluding hydrogens is 246 g/mol. The minimum Gasteiger partial charge on any atom is -0.453 e. The minimum atomic E-state index is -0.199. The fraction of sp³-hybridized carbons (Fsp3) is 0.600. The van der Waals surface area contributed by atoms with Crippen LogP contribution < -0.4 is 5.32 Å². The molecule has 1 atom stereocenters. The number of aliphatic hydroxyl groups is 1. The van der Waals surface area contributed by atoms with Gasteiger partial charge in [0.2, 0.25) is 0 Å². The minimum absolute atomic E-state index is 0.199. The molecule has 0 aliphatic carbocycles. The Kier molecular flexibility index (Phi) is 5.22. The van der Waals surface area contributed by atoms with Crippen LogP contribution in [0.1, 0.15) is 25.5 Å². The Morgan fingerprint density at radius 3 is 2.93 bits per heavy atom. The lowest BCUT2D eigenvalue weighted by Crippen LogP contribution is -2.15. The van der Waals surface area contributed by atoms with Gasteiger partial charge in [-0.2, -0.15) is 0 Å². The zero-order valence-electron chi connectivity index (χ0n) is 8.29. The topological polar surface area (TPSA) is 45.4 Å². The summed E-state index contributed by atoms with van der Waals surface area (Å²) in [6, 6.07) is 3.82. The zero-order chi connectivity index (χ0) is 10.4. The van der Waals surface area contributed by atoms with E-state index in [0.29, 0.717) is 0 Å². The highest BCUT2D eigenvalue weighted by Gasteiger charge is 1.99. The summed E-state index contributed by atoms with van der Waals surface area (Å²) < 4.78 is 6.08. The molecule has 1 aromatic heterocycles. The molecule has 2 N–H and O–H groups in total. The van der Waals surface area contributed by atoms with E-state index in [0.717, 1.165) is 36.4 Å². The van der Waals surface area contributed by atoms with E-state index in [9.17, 15) is 0 Å². The van der Waals surface area contributed by atoms with Gasteiger partial charge in [0.05, 0.1) is 12.6 Å². The number of hydrogen-bond acceptors (Lipinski definition) is 3. The van der Waals surface area contributed by atoms with E-state index >= 15 is 0 Å². The fourth-order valence-electron chi connectivity index (χ4n) is 1.18. The Labute approximate surface area is 92.6 Å². The molecule has 14 heavy (non-hydrogen) atoms. The van der Waals surface area contributed by atoms with Gasteiger partial charge in [0.25, 0.3) is 0 Å². The average molecular weight is 262 g/mol. The van der Waals surface area contributed by atoms with Gasteiger partial charge in [-0.3, -0.25) is 0 Å². The molecule has 0 amide bonds. The maximum Gasteiger partial charge on any atom is 0.169 e. The first-order chi connectivity index (χ1) is 6.68. The van der Waals surface area contributed by atoms with Crippen molar-refractivity contribution in [3.8, 4) is 0 Å². The first kappa shape index (κ1) is 11.8. The van der Waals surface area contributed by atoms with E-state index in [2.05, 4.69) is 21.2 Å². The number of aliphatic hydroxyl groups excluding tert-OH is 1. The van der Waals surface area contributed by atoms with E-state index in [1.165, 1.54) is 0 Å². The highest BCUT2D eigenvalue weighted by atomic mass is 79.9. The predicted octanol–water partition coefficient (Wildman–Crippen LogP) is 2.29. The fourth-order valence-corrected chi connectivity index (χ4v) is 1.52. The van der Waals surface area contributed by atoms with E-state index in [1.807, 2.05) is 19.1 Å². The number of hydrogen-bond donors (Lipinski definition) is 2. The first-order valence-electron chi connectivity index (χ1n) is 4.81. The molecule has 0 bridgehead atoms. The quantitative estimate of drug-likeness (QED) is 0.773. The normalized spacial score (nSPS) is 13.1. The second-order valence-electron chi connectivity index (χ2n) is 3.37. The molecule has 1 heterocycles. The van der Waals surface area contributed by atoms with Gasteiger partial charge in [0.1, 0.15) is 5.76 Å². The second-order valence-corrected chi connectivity index (χ2v) is 4.16. The van der Waals surface area contributed by atoms with Gasteiger partial charge >= 0.3 is 0 Å². The highest BCUT2D eigenvalue weighted by Crippen LogP contribution is 2.13. The van der Waals surface area contributed by atoms with Gasteiger partial charge in [-0.05, 0) is 54.4 Å². The van der Waals surface area contributed by atoms with Gasteiger partial charge in [-0.1, -0.05) is 0 Å². The summed E-state index contributed by atoms with van der Waals surface area (Å²) in [5, 5.41) is 12.3. The third-order valence-electron chi connectivity index (χ3n) is 1.90. The Hall–Kier alpha value is -0.320. The van der Waals surface area contributed by atoms with Crippen molar-refractivity contribution in [3.63, 3.8) is 0 Å². The van der Waals surface area contributed by atoms with Crippen molar-refractivity contribution < 1.29 is 9.52 Å². The van der Waals surface area contributed by atoms with Gasteiger partial charge in [0, 0.05) is 0 Å². The molecule has 1 unspecified atom stereocenters. The first-order valence-corrected chi connectivity index (χ1v) is 5.61. The lowest BCUT2D eigenvalue weighted by atomic mass is 10.2. The summed E-state index contributed by atoms with van der Waals surface area (Å²) in [6.45, 7) is 3.46. The number of nitrogens with one attached hydrogen (secondary N) is 1. The summed E-state index contributed by atoms with van der Waals surface area (Å²) in [4.78, 5) is 0. The van der Waals surface area contributed by atoms with E-state index in [4.69, 9.17) is 9.52 Å². The average Bonchev–Trinajstić information content (AvgIpc) is 2.50. The lowest BCUT2D eigenvalue weighted by molar-refractivity contribution is 0.181. The molecule has 0 aliphatic heterocycles. The van der Waals surface area contributed by atoms with Crippen molar-refractivity contribution in [3.05, 3.63) is 22.6 Å². The summed E-state index contributed by atoms with van der Waals surface area (Å²) in [5.74, 6) is 0.925. The maximum absolute atomic E-state index is 9.02. The van der Waals surface area contributed by atoms with Gasteiger partial charge in [-0.15, -0.1) is 0 Å². The van der Waals surface area contributed by atoms with Crippen LogP contribution >= 0.6 is 15.9 Å². The van der Waals surface area contributed by atoms with Crippen molar-refractivity contribution in [2.75, 3.05) is 6.54 Å². The summed E-state index contributed by atoms with van der Waals surface area (Å²) >= 11 is 3.25. The molecule has 1 rings (SSSR count). The van der Waals surface area contributed by atoms with Crippen LogP contribution in [0.5, 0.6) is 0 Å². The van der Waals surface area contributed by atoms with Crippen molar-refractivity contribution in [2.24, 2.45) is 0 Å². The Morgan fingerprint density at radius 1 is 1.57 bits per heavy atom. The lowest BCUT2D eigenvalue weighted by Gasteiger charge is -2.04. The molecule has 0 radical (unpaired) electrons. The zero-order valence-corrected chi connectivity index (χ0v) is 9.88. The molecule has 0 fully saturated rings. The van der Waals surface area contributed by atoms with Gasteiger partial charge in [-0.25, -0.2) is 0 Å². The monoisotopic (exact) mass is 261 g/mol. The second kappa shape index (κ2) is 6.22. The largest absolute Gasteiger partial charge is 0.453 e. The van der Waals surface area contributed by atoms with Crippen molar-refractivity contribution in [2.45, 2.75) is 32.4 Å². The standard InChI is InChI=1S/C10H16BrNO2/c1-8(13)3-2-6-12-7-9-4-5-10(11)14-9/h4-5,8,12-13H,2-3,6-7H2,1H3. The maximum atomic E-state index is 9.02. The van der Waals surface area contributed by atoms with Crippen LogP contribution in [0.25, 0.3) is 0 Å². The molecule has 1 aromatic rings. The molecule has 3 nitrogen and oxygen atoms in total. The van der Waals surface area contributed by atoms with E-state index < -0.39 is 0 Å². The molecular formula is C10H16BrNO2. The molecule has 0 aromatic carbocycles. The van der Waals surface area contributed by atoms with Crippen molar-refractivity contribution in [1.82, 2.24) is 5.32 Å². The molecule has 0 aliphatic rings. The van der Waals surface area contributed by atoms with Crippen LogP contribution in [0.15, 0.2) is 21.2 Å². The Morgan fingerprint density at radius 2 is 2.36 bits per heavy atom. The molecule has 4 heteroatoms. The smallest absolute Gasteiger partial charge is 0.169 e. The summed E-state index contributed by atoms with van der Waals surface area (Å²) in [5.41, 5.74) is 0. The van der Waals surface area contributed by atoms with Crippen molar-refractivity contribution >= 4 is 15.9 Å². The third-order valence-corrected chi connectivity index (χ3v) is 2.33. The molecule has 0 saturated carbocycles. The van der Waals surface area contributed by atoms with Crippen LogP contribution in [0.3, 0.4) is 0 Å². The van der Waals surface area contributed by atoms with Gasteiger partial charge in [0.15, 0.2) is 4.67 Å². The van der Waals surface area contributed by atoms with Gasteiger partial charge < -0.3 is 14.8 Å². The van der Waals surface area contributed by atoms with Crippen LogP contribution in [0.2, 0.25) is 0 Å². The predicted molar refractivity (Wildman–Crippen MR) is 59.0 cm³/mol. The Balaban J connectivity index is 2.04. The van der Waals surface area contributed by atoms with Crippen LogP contribution in [-0.4, -0.2) is 17.8 Å². The molecule has 0 saturated heterocycles. The van der Waals surface area contributed by atoms with Crippen molar-refractivity contribution in [1.29, 1.82) is 0 Å². The van der Waals surface area contributed by atoms with E-state index in [1.54, 1.807) is 0 Å². The van der Waals surface area contributed by atoms with Crippen LogP contribution in [0.4, 0.5) is 0 Å². The number of halogens is 1. The number of furan rings is 1. The third kappa shape index (κ3) is 4.79. The van der Waals surface area contributed by atoms with Crippen LogP contribution in [0, 0.1) is 0 Å². The molecule has 80 valence electrons. The Bertz CT molecular complexity index is 260. The highest BCUT2D eigenvalue weighted by molar-refractivity contribution is 9.10. The summed E-state index contributed by atoms with van der Waals surface area (Å²) in [7, 11) is 0. The SMILES string of the molecule is CC(O)CCCNCc1ccc(Br)o1. The number of rotatable bonds is 6. The van der Waals surface area contributed by atoms with E-state index in [-0.39, 0.29) is 6.10 Å².